The first kappa shape index (κ1) is 27.5. The minimum Gasteiger partial charge on any atom is -0.432 e. The molecule has 1 atom stereocenters. The summed E-state index contributed by atoms with van der Waals surface area (Å²) in [7, 11) is 2.83. The smallest absolute Gasteiger partial charge is 0.432 e. The molecule has 1 unspecified atom stereocenters. The molecule has 2 aromatic rings. The van der Waals surface area contributed by atoms with E-state index in [-0.39, 0.29) is 31.3 Å². The lowest BCUT2D eigenvalue weighted by Crippen LogP contribution is -2.30. The van der Waals surface area contributed by atoms with Gasteiger partial charge in [-0.05, 0) is 34.2 Å². The van der Waals surface area contributed by atoms with E-state index in [1.54, 1.807) is 19.2 Å². The SMILES string of the molecule is COCCNC(=O)CCc1ccc2c(c1)C(COC(=O)ON(C)C(=O)CCC=O)c1cccc(C=O)c1-2. The van der Waals surface area contributed by atoms with Crippen LogP contribution in [0.4, 0.5) is 4.79 Å². The minimum absolute atomic E-state index is 0.0213. The van der Waals surface area contributed by atoms with E-state index in [0.717, 1.165) is 39.2 Å². The molecule has 0 fully saturated rings. The number of carbonyl (C=O) groups excluding carboxylic acids is 5. The summed E-state index contributed by atoms with van der Waals surface area (Å²) in [6, 6.07) is 11.2. The van der Waals surface area contributed by atoms with E-state index < -0.39 is 12.1 Å². The van der Waals surface area contributed by atoms with Crippen LogP contribution in [0.1, 0.15) is 52.2 Å². The normalized spacial score (nSPS) is 13.2. The second-order valence-corrected chi connectivity index (χ2v) is 8.50. The Labute approximate surface area is 214 Å². The predicted molar refractivity (Wildman–Crippen MR) is 133 cm³/mol. The molecular formula is C27H30N2O8. The molecule has 196 valence electrons. The van der Waals surface area contributed by atoms with Crippen molar-refractivity contribution in [2.75, 3.05) is 33.9 Å². The van der Waals surface area contributed by atoms with E-state index in [2.05, 4.69) is 5.32 Å². The van der Waals surface area contributed by atoms with Crippen molar-refractivity contribution in [3.63, 3.8) is 0 Å². The summed E-state index contributed by atoms with van der Waals surface area (Å²) in [5.74, 6) is -0.991. The standard InChI is InChI=1S/C27H30N2O8/c1-29(25(33)7-4-13-30)37-27(34)36-17-23-20-6-3-5-19(16-31)26(20)21-10-8-18(15-22(21)23)9-11-24(32)28-12-14-35-2/h3,5-6,8,10,13,15-16,23H,4,7,9,11-12,14,17H2,1-2H3,(H,28,32). The van der Waals surface area contributed by atoms with E-state index in [1.165, 1.54) is 7.05 Å². The van der Waals surface area contributed by atoms with Gasteiger partial charge in [0.2, 0.25) is 5.91 Å². The zero-order chi connectivity index (χ0) is 26.8. The summed E-state index contributed by atoms with van der Waals surface area (Å²) in [6.45, 7) is 0.796. The van der Waals surface area contributed by atoms with E-state index >= 15 is 0 Å². The summed E-state index contributed by atoms with van der Waals surface area (Å²) in [5, 5.41) is 3.53. The molecule has 0 spiro atoms. The Morgan fingerprint density at radius 3 is 2.62 bits per heavy atom. The van der Waals surface area contributed by atoms with Crippen LogP contribution in [-0.2, 0) is 35.1 Å². The Morgan fingerprint density at radius 1 is 1.08 bits per heavy atom. The van der Waals surface area contributed by atoms with Crippen molar-refractivity contribution in [3.05, 3.63) is 58.7 Å². The summed E-state index contributed by atoms with van der Waals surface area (Å²) in [5.41, 5.74) is 4.78. The summed E-state index contributed by atoms with van der Waals surface area (Å²) in [6.07, 6.45) is 1.07. The van der Waals surface area contributed by atoms with Crippen LogP contribution in [0.15, 0.2) is 36.4 Å². The zero-order valence-electron chi connectivity index (χ0n) is 20.9. The van der Waals surface area contributed by atoms with E-state index in [9.17, 15) is 24.0 Å². The average Bonchev–Trinajstić information content (AvgIpc) is 3.22. The molecule has 0 saturated heterocycles. The molecule has 37 heavy (non-hydrogen) atoms. The van der Waals surface area contributed by atoms with Gasteiger partial charge in [0.15, 0.2) is 6.29 Å². The van der Waals surface area contributed by atoms with Gasteiger partial charge in [-0.25, -0.2) is 4.79 Å². The molecule has 1 N–H and O–H groups in total. The average molecular weight is 511 g/mol. The number of benzene rings is 2. The van der Waals surface area contributed by atoms with Gasteiger partial charge in [-0.15, -0.1) is 0 Å². The molecule has 10 nitrogen and oxygen atoms in total. The number of ether oxygens (including phenoxy) is 2. The molecule has 0 radical (unpaired) electrons. The molecule has 2 amide bonds. The highest BCUT2D eigenvalue weighted by Crippen LogP contribution is 2.46. The Bertz CT molecular complexity index is 1160. The number of hydrogen-bond donors (Lipinski definition) is 1. The zero-order valence-corrected chi connectivity index (χ0v) is 20.9. The van der Waals surface area contributed by atoms with Gasteiger partial charge in [0, 0.05) is 51.4 Å². The van der Waals surface area contributed by atoms with Crippen molar-refractivity contribution in [1.82, 2.24) is 10.4 Å². The van der Waals surface area contributed by atoms with Crippen molar-refractivity contribution in [1.29, 1.82) is 0 Å². The fourth-order valence-corrected chi connectivity index (χ4v) is 4.24. The van der Waals surface area contributed by atoms with Gasteiger partial charge in [0.25, 0.3) is 5.91 Å². The molecule has 0 heterocycles. The molecule has 2 aromatic carbocycles. The molecule has 0 aliphatic heterocycles. The largest absolute Gasteiger partial charge is 0.533 e. The third-order valence-corrected chi connectivity index (χ3v) is 6.07. The number of amides is 2. The van der Waals surface area contributed by atoms with Crippen molar-refractivity contribution < 1.29 is 38.3 Å². The maximum absolute atomic E-state index is 12.3. The lowest BCUT2D eigenvalue weighted by atomic mass is 9.95. The summed E-state index contributed by atoms with van der Waals surface area (Å²) in [4.78, 5) is 63.4. The van der Waals surface area contributed by atoms with Crippen LogP contribution in [0.25, 0.3) is 11.1 Å². The Balaban J connectivity index is 1.74. The summed E-state index contributed by atoms with van der Waals surface area (Å²) < 4.78 is 10.3. The van der Waals surface area contributed by atoms with Crippen molar-refractivity contribution in [2.24, 2.45) is 0 Å². The van der Waals surface area contributed by atoms with Crippen LogP contribution < -0.4 is 5.32 Å². The van der Waals surface area contributed by atoms with E-state index in [1.807, 2.05) is 24.3 Å². The second-order valence-electron chi connectivity index (χ2n) is 8.50. The van der Waals surface area contributed by atoms with Gasteiger partial charge >= 0.3 is 6.16 Å². The lowest BCUT2D eigenvalue weighted by molar-refractivity contribution is -0.166. The van der Waals surface area contributed by atoms with Gasteiger partial charge in [0.05, 0.1) is 6.61 Å². The molecule has 0 aromatic heterocycles. The van der Waals surface area contributed by atoms with Crippen molar-refractivity contribution in [3.8, 4) is 11.1 Å². The number of hydrogen-bond acceptors (Lipinski definition) is 8. The number of carbonyl (C=O) groups is 5. The monoisotopic (exact) mass is 510 g/mol. The van der Waals surface area contributed by atoms with Crippen LogP contribution in [-0.4, -0.2) is 69.5 Å². The van der Waals surface area contributed by atoms with Gasteiger partial charge in [-0.1, -0.05) is 36.4 Å². The number of nitrogens with one attached hydrogen (secondary N) is 1. The van der Waals surface area contributed by atoms with Gasteiger partial charge in [-0.3, -0.25) is 14.4 Å². The topological polar surface area (TPSA) is 128 Å². The number of methoxy groups -OCH3 is 1. The third kappa shape index (κ3) is 7.01. The molecule has 1 aliphatic rings. The first-order valence-corrected chi connectivity index (χ1v) is 11.9. The lowest BCUT2D eigenvalue weighted by Gasteiger charge is -2.18. The van der Waals surface area contributed by atoms with E-state index in [0.29, 0.717) is 37.8 Å². The Kier molecular flexibility index (Phi) is 9.91. The number of aldehydes is 2. The minimum atomic E-state index is -1.06. The maximum atomic E-state index is 12.3. The quantitative estimate of drug-likeness (QED) is 0.200. The fourth-order valence-electron chi connectivity index (χ4n) is 4.24. The van der Waals surface area contributed by atoms with Crippen LogP contribution in [0, 0.1) is 0 Å². The van der Waals surface area contributed by atoms with Crippen molar-refractivity contribution in [2.45, 2.75) is 31.6 Å². The molecule has 10 heteroatoms. The summed E-state index contributed by atoms with van der Waals surface area (Å²) >= 11 is 0. The number of aryl methyl sites for hydroxylation is 1. The number of fused-ring (bicyclic) bond motifs is 3. The van der Waals surface area contributed by atoms with Crippen LogP contribution in [0.3, 0.4) is 0 Å². The van der Waals surface area contributed by atoms with E-state index in [4.69, 9.17) is 14.3 Å². The fraction of sp³-hybridized carbons (Fsp3) is 0.370. The molecule has 3 rings (SSSR count). The molecule has 1 aliphatic carbocycles. The van der Waals surface area contributed by atoms with Gasteiger partial charge in [0.1, 0.15) is 12.9 Å². The number of rotatable bonds is 12. The van der Waals surface area contributed by atoms with Crippen LogP contribution in [0.5, 0.6) is 0 Å². The predicted octanol–water partition coefficient (Wildman–Crippen LogP) is 2.81. The highest BCUT2D eigenvalue weighted by Gasteiger charge is 2.32. The highest BCUT2D eigenvalue weighted by molar-refractivity contribution is 5.93. The molecular weight excluding hydrogens is 480 g/mol. The molecule has 0 bridgehead atoms. The maximum Gasteiger partial charge on any atom is 0.533 e. The van der Waals surface area contributed by atoms with Crippen LogP contribution in [0.2, 0.25) is 0 Å². The first-order valence-electron chi connectivity index (χ1n) is 11.9. The number of hydroxylamine groups is 2. The van der Waals surface area contributed by atoms with Crippen molar-refractivity contribution >= 4 is 30.5 Å². The third-order valence-electron chi connectivity index (χ3n) is 6.07. The highest BCUT2D eigenvalue weighted by atomic mass is 16.8. The van der Waals surface area contributed by atoms with Crippen LogP contribution >= 0.6 is 0 Å². The first-order chi connectivity index (χ1) is 17.9. The van der Waals surface area contributed by atoms with Gasteiger partial charge in [-0.2, -0.15) is 5.06 Å². The Hall–Kier alpha value is -4.05. The second kappa shape index (κ2) is 13.3. The Morgan fingerprint density at radius 2 is 1.89 bits per heavy atom. The van der Waals surface area contributed by atoms with Gasteiger partial charge < -0.3 is 24.4 Å². The number of nitrogens with zero attached hydrogens (tertiary/aromatic N) is 1. The molecule has 0 saturated carbocycles.